The number of ketones is 1. The van der Waals surface area contributed by atoms with Gasteiger partial charge in [-0.2, -0.15) is 0 Å². The second-order valence-electron chi connectivity index (χ2n) is 1.49. The lowest BCUT2D eigenvalue weighted by Crippen LogP contribution is -2.11. The van der Waals surface area contributed by atoms with Gasteiger partial charge in [-0.1, -0.05) is 0 Å². The molecule has 8 heavy (non-hydrogen) atoms. The van der Waals surface area contributed by atoms with Gasteiger partial charge in [0.05, 0.1) is 0 Å². The molecule has 0 aromatic heterocycles. The molecule has 0 unspecified atom stereocenters. The molecule has 0 radical (unpaired) electrons. The van der Waals surface area contributed by atoms with Crippen molar-refractivity contribution >= 4 is 5.78 Å². The van der Waals surface area contributed by atoms with E-state index >= 15 is 0 Å². The number of carbonyl (C=O) groups excluding carboxylic acids is 1. The van der Waals surface area contributed by atoms with Crippen molar-refractivity contribution in [1.29, 1.82) is 0 Å². The molecule has 0 aromatic carbocycles. The highest BCUT2D eigenvalue weighted by Crippen LogP contribution is 1.50. The van der Waals surface area contributed by atoms with Crippen LogP contribution in [0.3, 0.4) is 0 Å². The van der Waals surface area contributed by atoms with E-state index in [0.717, 1.165) is 0 Å². The number of nitrogens with two attached hydrogens (primary N) is 2. The summed E-state index contributed by atoms with van der Waals surface area (Å²) < 4.78 is 0. The Hall–Kier alpha value is -0.410. The molecular formula is C5H14N2O. The van der Waals surface area contributed by atoms with Crippen molar-refractivity contribution in [2.45, 2.75) is 13.8 Å². The van der Waals surface area contributed by atoms with Crippen LogP contribution in [-0.4, -0.2) is 18.9 Å². The molecular weight excluding hydrogens is 104 g/mol. The van der Waals surface area contributed by atoms with Crippen LogP contribution in [0, 0.1) is 0 Å². The van der Waals surface area contributed by atoms with Gasteiger partial charge in [-0.05, 0) is 13.8 Å². The van der Waals surface area contributed by atoms with Gasteiger partial charge in [0.2, 0.25) is 0 Å². The van der Waals surface area contributed by atoms with Crippen molar-refractivity contribution < 1.29 is 4.79 Å². The van der Waals surface area contributed by atoms with Gasteiger partial charge in [-0.25, -0.2) is 0 Å². The van der Waals surface area contributed by atoms with Crippen LogP contribution in [0.1, 0.15) is 13.8 Å². The van der Waals surface area contributed by atoms with E-state index in [2.05, 4.69) is 0 Å². The molecule has 0 spiro atoms. The molecule has 0 saturated carbocycles. The van der Waals surface area contributed by atoms with E-state index in [-0.39, 0.29) is 5.78 Å². The minimum absolute atomic E-state index is 0.167. The zero-order chi connectivity index (χ0) is 6.99. The third-order valence-electron chi connectivity index (χ3n) is 0.167. The van der Waals surface area contributed by atoms with E-state index in [1.807, 2.05) is 0 Å². The van der Waals surface area contributed by atoms with E-state index in [4.69, 9.17) is 11.5 Å². The van der Waals surface area contributed by atoms with Crippen molar-refractivity contribution in [2.75, 3.05) is 13.1 Å². The molecule has 0 aliphatic heterocycles. The molecule has 0 amide bonds. The first kappa shape index (κ1) is 10.5. The van der Waals surface area contributed by atoms with Crippen LogP contribution >= 0.6 is 0 Å². The smallest absolute Gasteiger partial charge is 0.126 e. The molecule has 0 aliphatic rings. The fourth-order valence-electron chi connectivity index (χ4n) is 0. The van der Waals surface area contributed by atoms with Gasteiger partial charge >= 0.3 is 0 Å². The van der Waals surface area contributed by atoms with Gasteiger partial charge in [-0.3, -0.25) is 0 Å². The Bertz CT molecular complexity index is 48.4. The summed E-state index contributed by atoms with van der Waals surface area (Å²) in [6.45, 7) is 4.25. The van der Waals surface area contributed by atoms with Crippen LogP contribution in [0.15, 0.2) is 0 Å². The Balaban J connectivity index is 0. The fourth-order valence-corrected chi connectivity index (χ4v) is 0. The van der Waals surface area contributed by atoms with Gasteiger partial charge in [0.25, 0.3) is 0 Å². The largest absolute Gasteiger partial charge is 0.329 e. The molecule has 0 saturated heterocycles. The number of hydrogen-bond acceptors (Lipinski definition) is 3. The quantitative estimate of drug-likeness (QED) is 0.487. The summed E-state index contributed by atoms with van der Waals surface area (Å²) in [5.41, 5.74) is 9.81. The van der Waals surface area contributed by atoms with Crippen LogP contribution in [0.2, 0.25) is 0 Å². The maximum atomic E-state index is 9.44. The van der Waals surface area contributed by atoms with Crippen molar-refractivity contribution in [3.05, 3.63) is 0 Å². The molecule has 3 nitrogen and oxygen atoms in total. The Labute approximate surface area is 50.0 Å². The zero-order valence-corrected chi connectivity index (χ0v) is 5.48. The summed E-state index contributed by atoms with van der Waals surface area (Å²) in [6, 6.07) is 0. The first-order valence-corrected chi connectivity index (χ1v) is 2.52. The van der Waals surface area contributed by atoms with Gasteiger partial charge < -0.3 is 16.3 Å². The summed E-state index contributed by atoms with van der Waals surface area (Å²) in [6.07, 6.45) is 0. The van der Waals surface area contributed by atoms with Gasteiger partial charge in [-0.15, -0.1) is 0 Å². The maximum absolute atomic E-state index is 9.44. The first-order chi connectivity index (χ1) is 3.65. The summed E-state index contributed by atoms with van der Waals surface area (Å²) in [4.78, 5) is 9.44. The molecule has 0 rings (SSSR count). The monoisotopic (exact) mass is 118 g/mol. The predicted octanol–water partition coefficient (Wildman–Crippen LogP) is -0.501. The molecule has 0 heterocycles. The topological polar surface area (TPSA) is 69.1 Å². The van der Waals surface area contributed by atoms with E-state index in [0.29, 0.717) is 13.1 Å². The Morgan fingerprint density at radius 1 is 1.25 bits per heavy atom. The molecule has 0 fully saturated rings. The normalized spacial score (nSPS) is 7.00. The molecule has 4 N–H and O–H groups in total. The average molecular weight is 118 g/mol. The van der Waals surface area contributed by atoms with Crippen molar-refractivity contribution in [1.82, 2.24) is 0 Å². The number of Topliss-reactive ketones (excluding diaryl/α,β-unsaturated/α-hetero) is 1. The molecule has 0 bridgehead atoms. The SMILES string of the molecule is CC(C)=O.NCCN. The third-order valence-corrected chi connectivity index (χ3v) is 0.167. The Morgan fingerprint density at radius 2 is 1.38 bits per heavy atom. The fraction of sp³-hybridized carbons (Fsp3) is 0.800. The van der Waals surface area contributed by atoms with Crippen molar-refractivity contribution in [3.63, 3.8) is 0 Å². The number of rotatable bonds is 1. The standard InChI is InChI=1S/C3H6O.C2H8N2/c1-3(2)4;3-1-2-4/h1-2H3;1-4H2. The average Bonchev–Trinajstić information content (AvgIpc) is 1.65. The van der Waals surface area contributed by atoms with Crippen LogP contribution in [0.25, 0.3) is 0 Å². The highest BCUT2D eigenvalue weighted by Gasteiger charge is 1.62. The molecule has 3 heteroatoms. The van der Waals surface area contributed by atoms with E-state index in [1.165, 1.54) is 13.8 Å². The van der Waals surface area contributed by atoms with Gasteiger partial charge in [0, 0.05) is 13.1 Å². The second kappa shape index (κ2) is 9.77. The lowest BCUT2D eigenvalue weighted by molar-refractivity contribution is -0.114. The highest BCUT2D eigenvalue weighted by atomic mass is 16.1. The van der Waals surface area contributed by atoms with Gasteiger partial charge in [0.1, 0.15) is 5.78 Å². The molecule has 50 valence electrons. The molecule has 0 aliphatic carbocycles. The zero-order valence-electron chi connectivity index (χ0n) is 5.48. The summed E-state index contributed by atoms with van der Waals surface area (Å²) in [5.74, 6) is 0.167. The van der Waals surface area contributed by atoms with Crippen LogP contribution in [0.4, 0.5) is 0 Å². The third kappa shape index (κ3) is 338. The minimum atomic E-state index is 0.167. The van der Waals surface area contributed by atoms with E-state index in [1.54, 1.807) is 0 Å². The first-order valence-electron chi connectivity index (χ1n) is 2.52. The molecule has 0 aromatic rings. The summed E-state index contributed by atoms with van der Waals surface area (Å²) in [7, 11) is 0. The van der Waals surface area contributed by atoms with Crippen LogP contribution in [-0.2, 0) is 4.79 Å². The predicted molar refractivity (Wildman–Crippen MR) is 34.5 cm³/mol. The van der Waals surface area contributed by atoms with Crippen LogP contribution < -0.4 is 11.5 Å². The van der Waals surface area contributed by atoms with E-state index in [9.17, 15) is 4.79 Å². The summed E-state index contributed by atoms with van der Waals surface area (Å²) in [5, 5.41) is 0. The van der Waals surface area contributed by atoms with Crippen molar-refractivity contribution in [3.8, 4) is 0 Å². The Morgan fingerprint density at radius 3 is 1.38 bits per heavy atom. The number of hydrogen-bond donors (Lipinski definition) is 2. The maximum Gasteiger partial charge on any atom is 0.126 e. The van der Waals surface area contributed by atoms with E-state index < -0.39 is 0 Å². The highest BCUT2D eigenvalue weighted by molar-refractivity contribution is 5.72. The van der Waals surface area contributed by atoms with Crippen molar-refractivity contribution in [2.24, 2.45) is 11.5 Å². The minimum Gasteiger partial charge on any atom is -0.329 e. The lowest BCUT2D eigenvalue weighted by atomic mass is 10.6. The van der Waals surface area contributed by atoms with Gasteiger partial charge in [0.15, 0.2) is 0 Å². The second-order valence-corrected chi connectivity index (χ2v) is 1.49. The lowest BCUT2D eigenvalue weighted by Gasteiger charge is -1.72. The summed E-state index contributed by atoms with van der Waals surface area (Å²) >= 11 is 0. The Kier molecular flexibility index (Phi) is 12.9. The number of carbonyl (C=O) groups is 1. The molecule has 0 atom stereocenters. The van der Waals surface area contributed by atoms with Crippen LogP contribution in [0.5, 0.6) is 0 Å².